The van der Waals surface area contributed by atoms with Gasteiger partial charge in [-0.3, -0.25) is 0 Å². The molecule has 1 aromatic heterocycles. The second-order valence-electron chi connectivity index (χ2n) is 4.35. The van der Waals surface area contributed by atoms with Crippen molar-refractivity contribution >= 4 is 0 Å². The quantitative estimate of drug-likeness (QED) is 0.939. The standard InChI is InChI=1S/C13H14F3N3O/c1-2-4-12-11(8-20)17-18-19(12)10-6-3-5-9(7-10)13(14,15)16/h3,5-7,20H,2,4,8H2,1H3. The molecule has 0 aliphatic rings. The normalized spacial score (nSPS) is 11.8. The number of aliphatic hydroxyl groups excluding tert-OH is 1. The first-order valence-corrected chi connectivity index (χ1v) is 6.19. The zero-order valence-corrected chi connectivity index (χ0v) is 10.9. The summed E-state index contributed by atoms with van der Waals surface area (Å²) in [5, 5.41) is 16.8. The SMILES string of the molecule is CCCc1c(CO)nnn1-c1cccc(C(F)(F)F)c1. The van der Waals surface area contributed by atoms with Gasteiger partial charge < -0.3 is 5.11 Å². The molecule has 0 saturated heterocycles. The van der Waals surface area contributed by atoms with Crippen LogP contribution in [-0.2, 0) is 19.2 Å². The van der Waals surface area contributed by atoms with Crippen molar-refractivity contribution in [2.75, 3.05) is 0 Å². The van der Waals surface area contributed by atoms with Crippen LogP contribution in [0.15, 0.2) is 24.3 Å². The molecule has 2 rings (SSSR count). The van der Waals surface area contributed by atoms with Crippen LogP contribution in [0.4, 0.5) is 13.2 Å². The van der Waals surface area contributed by atoms with Crippen molar-refractivity contribution in [3.8, 4) is 5.69 Å². The van der Waals surface area contributed by atoms with Crippen molar-refractivity contribution in [3.63, 3.8) is 0 Å². The van der Waals surface area contributed by atoms with Gasteiger partial charge in [0.05, 0.1) is 23.6 Å². The average Bonchev–Trinajstić information content (AvgIpc) is 2.81. The lowest BCUT2D eigenvalue weighted by atomic mass is 10.1. The first kappa shape index (κ1) is 14.5. The van der Waals surface area contributed by atoms with Gasteiger partial charge in [-0.05, 0) is 24.6 Å². The molecule has 1 heterocycles. The monoisotopic (exact) mass is 285 g/mol. The van der Waals surface area contributed by atoms with E-state index >= 15 is 0 Å². The Bertz CT molecular complexity index is 593. The maximum Gasteiger partial charge on any atom is 0.416 e. The van der Waals surface area contributed by atoms with Crippen LogP contribution in [0.3, 0.4) is 0 Å². The average molecular weight is 285 g/mol. The Labute approximate surface area is 113 Å². The molecular formula is C13H14F3N3O. The summed E-state index contributed by atoms with van der Waals surface area (Å²) in [4.78, 5) is 0. The van der Waals surface area contributed by atoms with E-state index < -0.39 is 11.7 Å². The van der Waals surface area contributed by atoms with Crippen molar-refractivity contribution in [1.82, 2.24) is 15.0 Å². The summed E-state index contributed by atoms with van der Waals surface area (Å²) in [5.74, 6) is 0. The highest BCUT2D eigenvalue weighted by atomic mass is 19.4. The molecule has 7 heteroatoms. The molecule has 0 bridgehead atoms. The largest absolute Gasteiger partial charge is 0.416 e. The van der Waals surface area contributed by atoms with Crippen molar-refractivity contribution in [2.24, 2.45) is 0 Å². The third kappa shape index (κ3) is 2.82. The summed E-state index contributed by atoms with van der Waals surface area (Å²) in [5.41, 5.74) is 0.576. The fourth-order valence-electron chi connectivity index (χ4n) is 1.96. The molecule has 0 unspecified atom stereocenters. The molecule has 0 saturated carbocycles. The van der Waals surface area contributed by atoms with Gasteiger partial charge in [0, 0.05) is 0 Å². The summed E-state index contributed by atoms with van der Waals surface area (Å²) in [6, 6.07) is 4.89. The van der Waals surface area contributed by atoms with Crippen LogP contribution in [-0.4, -0.2) is 20.1 Å². The number of aliphatic hydroxyl groups is 1. The van der Waals surface area contributed by atoms with Crippen LogP contribution in [0.2, 0.25) is 0 Å². The van der Waals surface area contributed by atoms with Crippen LogP contribution in [0.25, 0.3) is 5.69 Å². The van der Waals surface area contributed by atoms with Crippen LogP contribution >= 0.6 is 0 Å². The number of alkyl halides is 3. The van der Waals surface area contributed by atoms with Crippen LogP contribution in [0.1, 0.15) is 30.3 Å². The Hall–Kier alpha value is -1.89. The lowest BCUT2D eigenvalue weighted by molar-refractivity contribution is -0.137. The van der Waals surface area contributed by atoms with E-state index in [1.807, 2.05) is 6.92 Å². The molecule has 0 spiro atoms. The Morgan fingerprint density at radius 1 is 1.30 bits per heavy atom. The number of nitrogens with zero attached hydrogens (tertiary/aromatic N) is 3. The van der Waals surface area contributed by atoms with E-state index in [9.17, 15) is 18.3 Å². The van der Waals surface area contributed by atoms with Crippen molar-refractivity contribution < 1.29 is 18.3 Å². The predicted molar refractivity (Wildman–Crippen MR) is 66.3 cm³/mol. The highest BCUT2D eigenvalue weighted by Crippen LogP contribution is 2.30. The molecule has 4 nitrogen and oxygen atoms in total. The zero-order valence-electron chi connectivity index (χ0n) is 10.9. The highest BCUT2D eigenvalue weighted by molar-refractivity contribution is 5.38. The molecule has 0 amide bonds. The Morgan fingerprint density at radius 3 is 2.65 bits per heavy atom. The van der Waals surface area contributed by atoms with Crippen molar-refractivity contribution in [2.45, 2.75) is 32.5 Å². The summed E-state index contributed by atoms with van der Waals surface area (Å²) >= 11 is 0. The van der Waals surface area contributed by atoms with Crippen LogP contribution < -0.4 is 0 Å². The third-order valence-corrected chi connectivity index (χ3v) is 2.90. The maximum absolute atomic E-state index is 12.7. The molecule has 0 radical (unpaired) electrons. The van der Waals surface area contributed by atoms with Gasteiger partial charge in [-0.25, -0.2) is 4.68 Å². The van der Waals surface area contributed by atoms with Gasteiger partial charge in [-0.1, -0.05) is 24.6 Å². The summed E-state index contributed by atoms with van der Waals surface area (Å²) in [6.45, 7) is 1.65. The minimum atomic E-state index is -4.40. The molecule has 0 aliphatic heterocycles. The minimum absolute atomic E-state index is 0.283. The molecule has 0 aliphatic carbocycles. The van der Waals surface area contributed by atoms with Crippen LogP contribution in [0.5, 0.6) is 0 Å². The second kappa shape index (κ2) is 5.62. The van der Waals surface area contributed by atoms with Gasteiger partial charge in [0.25, 0.3) is 0 Å². The first-order chi connectivity index (χ1) is 9.47. The molecular weight excluding hydrogens is 271 g/mol. The fourth-order valence-corrected chi connectivity index (χ4v) is 1.96. The first-order valence-electron chi connectivity index (χ1n) is 6.19. The number of halogens is 3. The Morgan fingerprint density at radius 2 is 2.05 bits per heavy atom. The lowest BCUT2D eigenvalue weighted by Crippen LogP contribution is -2.08. The second-order valence-corrected chi connectivity index (χ2v) is 4.35. The van der Waals surface area contributed by atoms with E-state index in [1.54, 1.807) is 0 Å². The van der Waals surface area contributed by atoms with Crippen LogP contribution in [0, 0.1) is 0 Å². The van der Waals surface area contributed by atoms with E-state index in [0.717, 1.165) is 18.6 Å². The molecule has 1 aromatic carbocycles. The Balaban J connectivity index is 2.49. The van der Waals surface area contributed by atoms with Gasteiger partial charge in [0.1, 0.15) is 5.69 Å². The minimum Gasteiger partial charge on any atom is -0.390 e. The van der Waals surface area contributed by atoms with Crippen molar-refractivity contribution in [3.05, 3.63) is 41.2 Å². The number of hydrogen-bond donors (Lipinski definition) is 1. The highest BCUT2D eigenvalue weighted by Gasteiger charge is 2.30. The molecule has 2 aromatic rings. The zero-order chi connectivity index (χ0) is 14.8. The van der Waals surface area contributed by atoms with Gasteiger partial charge >= 0.3 is 6.18 Å². The molecule has 0 fully saturated rings. The van der Waals surface area contributed by atoms with E-state index in [1.165, 1.54) is 16.8 Å². The number of rotatable bonds is 4. The van der Waals surface area contributed by atoms with Gasteiger partial charge in [0.2, 0.25) is 0 Å². The number of benzene rings is 1. The fraction of sp³-hybridized carbons (Fsp3) is 0.385. The predicted octanol–water partition coefficient (Wildman–Crippen LogP) is 2.73. The van der Waals surface area contributed by atoms with Gasteiger partial charge in [0.15, 0.2) is 0 Å². The Kier molecular flexibility index (Phi) is 4.08. The van der Waals surface area contributed by atoms with E-state index in [2.05, 4.69) is 10.3 Å². The summed E-state index contributed by atoms with van der Waals surface area (Å²) < 4.78 is 39.5. The van der Waals surface area contributed by atoms with Gasteiger partial charge in [-0.2, -0.15) is 13.2 Å². The maximum atomic E-state index is 12.7. The van der Waals surface area contributed by atoms with Gasteiger partial charge in [-0.15, -0.1) is 5.10 Å². The molecule has 1 N–H and O–H groups in total. The summed E-state index contributed by atoms with van der Waals surface area (Å²) in [6.07, 6.45) is -3.04. The molecule has 108 valence electrons. The topological polar surface area (TPSA) is 50.9 Å². The molecule has 0 atom stereocenters. The summed E-state index contributed by atoms with van der Waals surface area (Å²) in [7, 11) is 0. The third-order valence-electron chi connectivity index (χ3n) is 2.90. The van der Waals surface area contributed by atoms with Crippen molar-refractivity contribution in [1.29, 1.82) is 0 Å². The molecule has 20 heavy (non-hydrogen) atoms. The van der Waals surface area contributed by atoms with E-state index in [4.69, 9.17) is 0 Å². The lowest BCUT2D eigenvalue weighted by Gasteiger charge is -2.10. The van der Waals surface area contributed by atoms with E-state index in [0.29, 0.717) is 17.8 Å². The number of aromatic nitrogens is 3. The smallest absolute Gasteiger partial charge is 0.390 e. The van der Waals surface area contributed by atoms with E-state index in [-0.39, 0.29) is 12.3 Å². The number of hydrogen-bond acceptors (Lipinski definition) is 3.